The first kappa shape index (κ1) is 13.4. The lowest BCUT2D eigenvalue weighted by Crippen LogP contribution is -2.34. The molecule has 0 unspecified atom stereocenters. The Morgan fingerprint density at radius 1 is 1.32 bits per heavy atom. The maximum atomic E-state index is 12.7. The molecule has 3 nitrogen and oxygen atoms in total. The standard InChI is InChI=1S/C14H18BrNO2S/c1-18-12-11(8-19-13(12)15)14(17)16-6-9-2-3-10(7-16)5-4-9/h8-10H,2-7H2,1H3. The van der Waals surface area contributed by atoms with Gasteiger partial charge in [0.05, 0.1) is 12.7 Å². The summed E-state index contributed by atoms with van der Waals surface area (Å²) in [5, 5.41) is 1.90. The van der Waals surface area contributed by atoms with Crippen LogP contribution in [-0.2, 0) is 0 Å². The van der Waals surface area contributed by atoms with E-state index in [0.717, 1.165) is 16.9 Å². The van der Waals surface area contributed by atoms with Crippen LogP contribution in [0.2, 0.25) is 0 Å². The highest BCUT2D eigenvalue weighted by atomic mass is 79.9. The lowest BCUT2D eigenvalue weighted by molar-refractivity contribution is 0.0737. The van der Waals surface area contributed by atoms with E-state index in [0.29, 0.717) is 23.1 Å². The molecule has 1 aromatic rings. The number of methoxy groups -OCH3 is 1. The minimum atomic E-state index is 0.137. The van der Waals surface area contributed by atoms with Crippen LogP contribution in [0.1, 0.15) is 36.0 Å². The third kappa shape index (κ3) is 2.55. The molecule has 3 fully saturated rings. The predicted octanol–water partition coefficient (Wildman–Crippen LogP) is 3.78. The van der Waals surface area contributed by atoms with Crippen LogP contribution >= 0.6 is 27.3 Å². The van der Waals surface area contributed by atoms with E-state index in [1.54, 1.807) is 7.11 Å². The minimum Gasteiger partial charge on any atom is -0.494 e. The molecule has 5 heteroatoms. The molecule has 0 atom stereocenters. The van der Waals surface area contributed by atoms with E-state index < -0.39 is 0 Å². The van der Waals surface area contributed by atoms with Gasteiger partial charge in [-0.1, -0.05) is 0 Å². The van der Waals surface area contributed by atoms with E-state index in [4.69, 9.17) is 4.74 Å². The first-order valence-corrected chi connectivity index (χ1v) is 8.46. The Balaban J connectivity index is 1.83. The molecule has 0 aromatic carbocycles. The third-order valence-corrected chi connectivity index (χ3v) is 6.02. The molecule has 2 aliphatic heterocycles. The molecule has 3 aliphatic rings. The minimum absolute atomic E-state index is 0.137. The van der Waals surface area contributed by atoms with Gasteiger partial charge in [0.25, 0.3) is 5.91 Å². The van der Waals surface area contributed by atoms with Crippen molar-refractivity contribution in [1.82, 2.24) is 4.90 Å². The van der Waals surface area contributed by atoms with E-state index in [1.807, 2.05) is 10.3 Å². The summed E-state index contributed by atoms with van der Waals surface area (Å²) in [6.07, 6.45) is 5.16. The quantitative estimate of drug-likeness (QED) is 0.817. The number of thiophene rings is 1. The molecular weight excluding hydrogens is 326 g/mol. The van der Waals surface area contributed by atoms with Gasteiger partial charge in [-0.3, -0.25) is 4.79 Å². The van der Waals surface area contributed by atoms with Crippen LogP contribution in [-0.4, -0.2) is 31.0 Å². The zero-order valence-corrected chi connectivity index (χ0v) is 13.4. The van der Waals surface area contributed by atoms with Crippen molar-refractivity contribution in [3.63, 3.8) is 0 Å². The van der Waals surface area contributed by atoms with Crippen LogP contribution in [0.15, 0.2) is 9.17 Å². The van der Waals surface area contributed by atoms with Crippen molar-refractivity contribution < 1.29 is 9.53 Å². The number of hydrogen-bond donors (Lipinski definition) is 0. The van der Waals surface area contributed by atoms with E-state index in [2.05, 4.69) is 15.9 Å². The second-order valence-electron chi connectivity index (χ2n) is 5.55. The summed E-state index contributed by atoms with van der Waals surface area (Å²) >= 11 is 4.96. The second kappa shape index (κ2) is 5.44. The fourth-order valence-electron chi connectivity index (χ4n) is 3.29. The molecule has 0 radical (unpaired) electrons. The summed E-state index contributed by atoms with van der Waals surface area (Å²) < 4.78 is 6.24. The van der Waals surface area contributed by atoms with E-state index in [9.17, 15) is 4.79 Å². The van der Waals surface area contributed by atoms with Crippen LogP contribution in [0.3, 0.4) is 0 Å². The highest BCUT2D eigenvalue weighted by Gasteiger charge is 2.33. The van der Waals surface area contributed by atoms with Crippen LogP contribution in [0.25, 0.3) is 0 Å². The molecule has 19 heavy (non-hydrogen) atoms. The smallest absolute Gasteiger partial charge is 0.258 e. The highest BCUT2D eigenvalue weighted by Crippen LogP contribution is 2.38. The van der Waals surface area contributed by atoms with Crippen molar-refractivity contribution in [2.45, 2.75) is 25.7 Å². The average molecular weight is 344 g/mol. The Bertz CT molecular complexity index is 466. The molecule has 2 bridgehead atoms. The van der Waals surface area contributed by atoms with Crippen LogP contribution < -0.4 is 4.74 Å². The summed E-state index contributed by atoms with van der Waals surface area (Å²) in [5.41, 5.74) is 0.709. The van der Waals surface area contributed by atoms with Gasteiger partial charge >= 0.3 is 0 Å². The van der Waals surface area contributed by atoms with Gasteiger partial charge in [-0.2, -0.15) is 0 Å². The number of hydrogen-bond acceptors (Lipinski definition) is 3. The Morgan fingerprint density at radius 3 is 2.42 bits per heavy atom. The number of rotatable bonds is 2. The summed E-state index contributed by atoms with van der Waals surface area (Å²) in [7, 11) is 1.62. The van der Waals surface area contributed by atoms with Crippen LogP contribution in [0.5, 0.6) is 5.75 Å². The lowest BCUT2D eigenvalue weighted by Gasteiger charge is -2.22. The number of ether oxygens (including phenoxy) is 1. The molecule has 2 saturated heterocycles. The average Bonchev–Trinajstić information content (AvgIpc) is 2.61. The van der Waals surface area contributed by atoms with Crippen LogP contribution in [0.4, 0.5) is 0 Å². The molecule has 104 valence electrons. The number of fused-ring (bicyclic) bond motifs is 4. The Morgan fingerprint density at radius 2 is 1.89 bits per heavy atom. The highest BCUT2D eigenvalue weighted by molar-refractivity contribution is 9.11. The molecular formula is C14H18BrNO2S. The molecule has 1 aromatic heterocycles. The predicted molar refractivity (Wildman–Crippen MR) is 79.9 cm³/mol. The van der Waals surface area contributed by atoms with Crippen molar-refractivity contribution in [3.8, 4) is 5.75 Å². The molecule has 4 rings (SSSR count). The summed E-state index contributed by atoms with van der Waals surface area (Å²) in [6, 6.07) is 0. The normalized spacial score (nSPS) is 26.3. The van der Waals surface area contributed by atoms with Gasteiger partial charge in [0.1, 0.15) is 3.79 Å². The molecule has 0 spiro atoms. The SMILES string of the molecule is COc1c(C(=O)N2CC3CCC(CC3)C2)csc1Br. The van der Waals surface area contributed by atoms with Crippen LogP contribution in [0, 0.1) is 11.8 Å². The van der Waals surface area contributed by atoms with Gasteiger partial charge in [-0.05, 0) is 53.4 Å². The van der Waals surface area contributed by atoms with E-state index in [-0.39, 0.29) is 5.91 Å². The summed E-state index contributed by atoms with van der Waals surface area (Å²) in [4.78, 5) is 14.7. The van der Waals surface area contributed by atoms with E-state index >= 15 is 0 Å². The number of nitrogens with zero attached hydrogens (tertiary/aromatic N) is 1. The van der Waals surface area contributed by atoms with Crippen molar-refractivity contribution in [1.29, 1.82) is 0 Å². The maximum Gasteiger partial charge on any atom is 0.258 e. The van der Waals surface area contributed by atoms with Crippen molar-refractivity contribution >= 4 is 33.2 Å². The Kier molecular flexibility index (Phi) is 3.85. The number of amides is 1. The van der Waals surface area contributed by atoms with Gasteiger partial charge in [-0.25, -0.2) is 0 Å². The monoisotopic (exact) mass is 343 g/mol. The Hall–Kier alpha value is -0.550. The second-order valence-corrected chi connectivity index (χ2v) is 7.75. The van der Waals surface area contributed by atoms with Gasteiger partial charge in [-0.15, -0.1) is 11.3 Å². The van der Waals surface area contributed by atoms with Crippen molar-refractivity contribution in [3.05, 3.63) is 14.7 Å². The third-order valence-electron chi connectivity index (χ3n) is 4.35. The number of carbonyl (C=O) groups excluding carboxylic acids is 1. The molecule has 1 aliphatic carbocycles. The largest absolute Gasteiger partial charge is 0.494 e. The summed E-state index contributed by atoms with van der Waals surface area (Å²) in [6.45, 7) is 1.85. The topological polar surface area (TPSA) is 29.5 Å². The van der Waals surface area contributed by atoms with Gasteiger partial charge in [0.15, 0.2) is 5.75 Å². The molecule has 0 N–H and O–H groups in total. The molecule has 3 heterocycles. The van der Waals surface area contributed by atoms with Crippen molar-refractivity contribution in [2.24, 2.45) is 11.8 Å². The Labute approximate surface area is 126 Å². The number of carbonyl (C=O) groups is 1. The number of halogens is 1. The van der Waals surface area contributed by atoms with Gasteiger partial charge in [0.2, 0.25) is 0 Å². The van der Waals surface area contributed by atoms with E-state index in [1.165, 1.54) is 37.0 Å². The molecule has 1 amide bonds. The fourth-order valence-corrected chi connectivity index (χ4v) is 4.68. The van der Waals surface area contributed by atoms with Gasteiger partial charge in [0, 0.05) is 18.5 Å². The fraction of sp³-hybridized carbons (Fsp3) is 0.643. The van der Waals surface area contributed by atoms with Crippen molar-refractivity contribution in [2.75, 3.05) is 20.2 Å². The first-order valence-electron chi connectivity index (χ1n) is 6.79. The maximum absolute atomic E-state index is 12.7. The zero-order valence-electron chi connectivity index (χ0n) is 11.0. The summed E-state index contributed by atoms with van der Waals surface area (Å²) in [5.74, 6) is 2.23. The lowest BCUT2D eigenvalue weighted by atomic mass is 9.84. The van der Waals surface area contributed by atoms with Gasteiger partial charge < -0.3 is 9.64 Å². The zero-order chi connectivity index (χ0) is 13.4. The molecule has 1 saturated carbocycles. The first-order chi connectivity index (χ1) is 9.19.